The van der Waals surface area contributed by atoms with Gasteiger partial charge in [0, 0.05) is 0 Å². The lowest BCUT2D eigenvalue weighted by Gasteiger charge is -2.40. The lowest BCUT2D eigenvalue weighted by Crippen LogP contribution is -2.37. The number of esters is 1. The average Bonchev–Trinajstić information content (AvgIpc) is 2.60. The molecule has 0 aromatic carbocycles. The van der Waals surface area contributed by atoms with Crippen LogP contribution >= 0.6 is 0 Å². The van der Waals surface area contributed by atoms with E-state index in [1.807, 2.05) is 0 Å². The monoisotopic (exact) mass is 222 g/mol. The van der Waals surface area contributed by atoms with Gasteiger partial charge in [-0.2, -0.15) is 0 Å². The molecule has 1 fully saturated rings. The van der Waals surface area contributed by atoms with Crippen LogP contribution in [-0.2, 0) is 9.53 Å². The Balaban J connectivity index is 2.25. The van der Waals surface area contributed by atoms with Crippen molar-refractivity contribution in [3.8, 4) is 0 Å². The smallest absolute Gasteiger partial charge is 0.309 e. The highest BCUT2D eigenvalue weighted by Gasteiger charge is 2.51. The number of hydrogen-bond donors (Lipinski definition) is 0. The topological polar surface area (TPSA) is 26.3 Å². The van der Waals surface area contributed by atoms with Crippen molar-refractivity contribution in [2.45, 2.75) is 46.0 Å². The van der Waals surface area contributed by atoms with Crippen molar-refractivity contribution in [3.05, 3.63) is 11.6 Å². The van der Waals surface area contributed by atoms with Crippen LogP contribution in [0.4, 0.5) is 0 Å². The molecule has 3 atom stereocenters. The third kappa shape index (κ3) is 1.68. The SMILES string of the molecule is COC(=O)[C@H]1CC[C@H](C)[C@]12CC=C(C)CC2. The van der Waals surface area contributed by atoms with E-state index in [9.17, 15) is 4.79 Å². The van der Waals surface area contributed by atoms with E-state index in [-0.39, 0.29) is 17.3 Å². The van der Waals surface area contributed by atoms with Gasteiger partial charge in [-0.3, -0.25) is 4.79 Å². The second-order valence-corrected chi connectivity index (χ2v) is 5.54. The van der Waals surface area contributed by atoms with Gasteiger partial charge in [0.2, 0.25) is 0 Å². The Bertz CT molecular complexity index is 319. The van der Waals surface area contributed by atoms with Crippen LogP contribution in [0.3, 0.4) is 0 Å². The van der Waals surface area contributed by atoms with Crippen LogP contribution in [0.25, 0.3) is 0 Å². The lowest BCUT2D eigenvalue weighted by atomic mass is 9.64. The second kappa shape index (κ2) is 4.23. The van der Waals surface area contributed by atoms with Crippen molar-refractivity contribution >= 4 is 5.97 Å². The molecule has 0 radical (unpaired) electrons. The van der Waals surface area contributed by atoms with Crippen molar-refractivity contribution in [2.24, 2.45) is 17.3 Å². The van der Waals surface area contributed by atoms with Gasteiger partial charge < -0.3 is 4.74 Å². The van der Waals surface area contributed by atoms with E-state index in [1.54, 1.807) is 0 Å². The summed E-state index contributed by atoms with van der Waals surface area (Å²) in [6.45, 7) is 4.50. The molecular formula is C14H22O2. The maximum atomic E-state index is 11.9. The molecule has 0 N–H and O–H groups in total. The summed E-state index contributed by atoms with van der Waals surface area (Å²) in [5, 5.41) is 0. The molecule has 2 aliphatic carbocycles. The van der Waals surface area contributed by atoms with Crippen LogP contribution in [-0.4, -0.2) is 13.1 Å². The quantitative estimate of drug-likeness (QED) is 0.502. The highest BCUT2D eigenvalue weighted by Crippen LogP contribution is 2.55. The summed E-state index contributed by atoms with van der Waals surface area (Å²) >= 11 is 0. The van der Waals surface area contributed by atoms with E-state index in [0.29, 0.717) is 5.92 Å². The van der Waals surface area contributed by atoms with Crippen molar-refractivity contribution < 1.29 is 9.53 Å². The Morgan fingerprint density at radius 1 is 1.50 bits per heavy atom. The molecule has 0 aliphatic heterocycles. The van der Waals surface area contributed by atoms with Gasteiger partial charge in [0.05, 0.1) is 13.0 Å². The van der Waals surface area contributed by atoms with E-state index in [2.05, 4.69) is 19.9 Å². The van der Waals surface area contributed by atoms with Crippen LogP contribution in [0.5, 0.6) is 0 Å². The van der Waals surface area contributed by atoms with E-state index in [0.717, 1.165) is 25.7 Å². The number of ether oxygens (including phenoxy) is 1. The first kappa shape index (κ1) is 11.7. The van der Waals surface area contributed by atoms with Crippen LogP contribution < -0.4 is 0 Å². The first-order valence-corrected chi connectivity index (χ1v) is 6.33. The zero-order valence-electron chi connectivity index (χ0n) is 10.6. The summed E-state index contributed by atoms with van der Waals surface area (Å²) < 4.78 is 4.98. The zero-order chi connectivity index (χ0) is 11.8. The Morgan fingerprint density at radius 3 is 2.81 bits per heavy atom. The van der Waals surface area contributed by atoms with Crippen molar-refractivity contribution in [1.29, 1.82) is 0 Å². The fraction of sp³-hybridized carbons (Fsp3) is 0.786. The van der Waals surface area contributed by atoms with E-state index >= 15 is 0 Å². The minimum atomic E-state index is 0.0114. The predicted molar refractivity (Wildman–Crippen MR) is 63.9 cm³/mol. The van der Waals surface area contributed by atoms with E-state index in [1.165, 1.54) is 19.1 Å². The molecule has 0 unspecified atom stereocenters. The first-order valence-electron chi connectivity index (χ1n) is 6.33. The van der Waals surface area contributed by atoms with Crippen molar-refractivity contribution in [3.63, 3.8) is 0 Å². The minimum absolute atomic E-state index is 0.0114. The maximum Gasteiger partial charge on any atom is 0.309 e. The second-order valence-electron chi connectivity index (χ2n) is 5.54. The van der Waals surface area contributed by atoms with Crippen LogP contribution in [0.2, 0.25) is 0 Å². The molecule has 0 aromatic rings. The molecule has 1 spiro atoms. The van der Waals surface area contributed by atoms with E-state index < -0.39 is 0 Å². The van der Waals surface area contributed by atoms with Gasteiger partial charge in [-0.25, -0.2) is 0 Å². The van der Waals surface area contributed by atoms with Gasteiger partial charge in [0.25, 0.3) is 0 Å². The summed E-state index contributed by atoms with van der Waals surface area (Å²) in [7, 11) is 1.52. The molecule has 2 rings (SSSR count). The molecule has 16 heavy (non-hydrogen) atoms. The Hall–Kier alpha value is -0.790. The van der Waals surface area contributed by atoms with Gasteiger partial charge in [-0.1, -0.05) is 18.6 Å². The fourth-order valence-corrected chi connectivity index (χ4v) is 3.59. The summed E-state index contributed by atoms with van der Waals surface area (Å²) in [6, 6.07) is 0. The summed E-state index contributed by atoms with van der Waals surface area (Å²) in [6.07, 6.45) is 7.91. The number of allylic oxidation sites excluding steroid dienone is 2. The molecule has 0 aromatic heterocycles. The number of methoxy groups -OCH3 is 1. The standard InChI is InChI=1S/C14H22O2/c1-10-6-8-14(9-7-10)11(2)4-5-12(14)13(15)16-3/h6,11-12H,4-5,7-9H2,1-3H3/t11-,12+,14+/m0/s1. The Labute approximate surface area is 98.1 Å². The van der Waals surface area contributed by atoms with Gasteiger partial charge >= 0.3 is 5.97 Å². The number of rotatable bonds is 1. The van der Waals surface area contributed by atoms with Gasteiger partial charge in [0.15, 0.2) is 0 Å². The average molecular weight is 222 g/mol. The van der Waals surface area contributed by atoms with Crippen LogP contribution in [0.15, 0.2) is 11.6 Å². The molecular weight excluding hydrogens is 200 g/mol. The third-order valence-corrected chi connectivity index (χ3v) is 4.86. The molecule has 0 heterocycles. The highest BCUT2D eigenvalue weighted by atomic mass is 16.5. The Morgan fingerprint density at radius 2 is 2.25 bits per heavy atom. The Kier molecular flexibility index (Phi) is 3.09. The fourth-order valence-electron chi connectivity index (χ4n) is 3.59. The minimum Gasteiger partial charge on any atom is -0.469 e. The predicted octanol–water partition coefficient (Wildman–Crippen LogP) is 3.32. The van der Waals surface area contributed by atoms with E-state index in [4.69, 9.17) is 4.74 Å². The summed E-state index contributed by atoms with van der Waals surface area (Å²) in [4.78, 5) is 11.9. The van der Waals surface area contributed by atoms with Crippen molar-refractivity contribution in [1.82, 2.24) is 0 Å². The van der Waals surface area contributed by atoms with Gasteiger partial charge in [-0.15, -0.1) is 0 Å². The first-order chi connectivity index (χ1) is 7.60. The highest BCUT2D eigenvalue weighted by molar-refractivity contribution is 5.74. The molecule has 2 heteroatoms. The molecule has 0 amide bonds. The summed E-state index contributed by atoms with van der Waals surface area (Å²) in [5.41, 5.74) is 1.68. The number of carbonyl (C=O) groups excluding carboxylic acids is 1. The lowest BCUT2D eigenvalue weighted by molar-refractivity contribution is -0.150. The maximum absolute atomic E-state index is 11.9. The zero-order valence-corrected chi connectivity index (χ0v) is 10.6. The molecule has 1 saturated carbocycles. The normalized spacial score (nSPS) is 38.6. The van der Waals surface area contributed by atoms with Gasteiger partial charge in [-0.05, 0) is 50.4 Å². The van der Waals surface area contributed by atoms with Crippen molar-refractivity contribution in [2.75, 3.05) is 7.11 Å². The van der Waals surface area contributed by atoms with Gasteiger partial charge in [0.1, 0.15) is 0 Å². The number of carbonyl (C=O) groups is 1. The molecule has 2 aliphatic rings. The molecule has 0 saturated heterocycles. The number of hydrogen-bond acceptors (Lipinski definition) is 2. The third-order valence-electron chi connectivity index (χ3n) is 4.86. The molecule has 2 nitrogen and oxygen atoms in total. The van der Waals surface area contributed by atoms with Crippen LogP contribution in [0.1, 0.15) is 46.0 Å². The molecule has 0 bridgehead atoms. The molecule has 90 valence electrons. The van der Waals surface area contributed by atoms with Crippen LogP contribution in [0, 0.1) is 17.3 Å². The largest absolute Gasteiger partial charge is 0.469 e. The summed E-state index contributed by atoms with van der Waals surface area (Å²) in [5.74, 6) is 0.801.